The lowest BCUT2D eigenvalue weighted by molar-refractivity contribution is 0.111. The van der Waals surface area contributed by atoms with Gasteiger partial charge in [-0.2, -0.15) is 10.2 Å². The Morgan fingerprint density at radius 3 is 1.18 bits per heavy atom. The van der Waals surface area contributed by atoms with Gasteiger partial charge in [-0.1, -0.05) is 92.5 Å². The summed E-state index contributed by atoms with van der Waals surface area (Å²) in [5.74, 6) is 0. The van der Waals surface area contributed by atoms with E-state index in [2.05, 4.69) is 42.1 Å². The van der Waals surface area contributed by atoms with Crippen LogP contribution < -0.4 is 0 Å². The van der Waals surface area contributed by atoms with Gasteiger partial charge in [-0.25, -0.2) is 9.36 Å². The van der Waals surface area contributed by atoms with Crippen LogP contribution in [0.15, 0.2) is 131 Å². The Balaban J connectivity index is 0.000000161. The van der Waals surface area contributed by atoms with E-state index in [4.69, 9.17) is 0 Å². The molecule has 0 aliphatic heterocycles. The largest absolute Gasteiger partial charge is 0.298 e. The topological polar surface area (TPSA) is 69.8 Å². The summed E-state index contributed by atoms with van der Waals surface area (Å²) in [7, 11) is 0. The minimum Gasteiger partial charge on any atom is -0.298 e. The van der Waals surface area contributed by atoms with Crippen molar-refractivity contribution in [1.82, 2.24) is 19.6 Å². The van der Waals surface area contributed by atoms with E-state index >= 15 is 0 Å². The molecule has 0 fully saturated rings. The van der Waals surface area contributed by atoms with Gasteiger partial charge < -0.3 is 0 Å². The van der Waals surface area contributed by atoms with Crippen molar-refractivity contribution in [2.24, 2.45) is 0 Å². The number of hydrogen-bond donors (Lipinski definition) is 0. The number of aldehydes is 2. The molecule has 8 heteroatoms. The summed E-state index contributed by atoms with van der Waals surface area (Å²) in [5.41, 5.74) is 6.24. The lowest BCUT2D eigenvalue weighted by Crippen LogP contribution is -1.93. The van der Waals surface area contributed by atoms with E-state index in [1.165, 1.54) is 0 Å². The number of benzene rings is 4. The number of hydrogen-bond acceptors (Lipinski definition) is 4. The van der Waals surface area contributed by atoms with Gasteiger partial charge in [0.25, 0.3) is 0 Å². The molecule has 0 aliphatic carbocycles. The maximum atomic E-state index is 11.2. The van der Waals surface area contributed by atoms with Crippen LogP contribution in [0.5, 0.6) is 0 Å². The van der Waals surface area contributed by atoms with Crippen molar-refractivity contribution in [3.63, 3.8) is 0 Å². The molecular weight excluding hydrogens is 632 g/mol. The van der Waals surface area contributed by atoms with Gasteiger partial charge in [0, 0.05) is 32.5 Å². The molecule has 0 amide bonds. The van der Waals surface area contributed by atoms with Gasteiger partial charge in [0.2, 0.25) is 0 Å². The number of carbonyl (C=O) groups excluding carboxylic acids is 2. The molecule has 0 N–H and O–H groups in total. The van der Waals surface area contributed by atoms with Crippen molar-refractivity contribution in [1.29, 1.82) is 0 Å². The summed E-state index contributed by atoms with van der Waals surface area (Å²) in [6.45, 7) is 0. The van der Waals surface area contributed by atoms with Gasteiger partial charge in [0.1, 0.15) is 11.4 Å². The lowest BCUT2D eigenvalue weighted by Gasteiger charge is -2.00. The zero-order valence-electron chi connectivity index (χ0n) is 21.1. The molecule has 0 unspecified atom stereocenters. The van der Waals surface area contributed by atoms with E-state index < -0.39 is 0 Å². The van der Waals surface area contributed by atoms with Crippen LogP contribution in [0, 0.1) is 0 Å². The van der Waals surface area contributed by atoms with Crippen LogP contribution in [-0.4, -0.2) is 32.1 Å². The van der Waals surface area contributed by atoms with Crippen molar-refractivity contribution in [3.8, 4) is 33.9 Å². The predicted octanol–water partition coefficient (Wildman–Crippen LogP) is 8.23. The fraction of sp³-hybridized carbons (Fsp3) is 0. The van der Waals surface area contributed by atoms with Gasteiger partial charge in [-0.05, 0) is 48.5 Å². The summed E-state index contributed by atoms with van der Waals surface area (Å²) >= 11 is 6.80. The summed E-state index contributed by atoms with van der Waals surface area (Å²) in [6, 6.07) is 35.0. The maximum Gasteiger partial charge on any atom is 0.153 e. The average Bonchev–Trinajstić information content (AvgIpc) is 3.64. The number of para-hydroxylation sites is 2. The minimum atomic E-state index is 0.580. The van der Waals surface area contributed by atoms with E-state index in [0.29, 0.717) is 22.5 Å². The molecule has 0 bridgehead atoms. The van der Waals surface area contributed by atoms with Crippen molar-refractivity contribution < 1.29 is 9.59 Å². The molecule has 0 atom stereocenters. The molecule has 6 aromatic rings. The van der Waals surface area contributed by atoms with Crippen LogP contribution in [-0.2, 0) is 0 Å². The molecule has 0 radical (unpaired) electrons. The van der Waals surface area contributed by atoms with Crippen LogP contribution in [0.3, 0.4) is 0 Å². The van der Waals surface area contributed by atoms with E-state index in [1.807, 2.05) is 109 Å². The second-order valence-electron chi connectivity index (χ2n) is 8.68. The minimum absolute atomic E-state index is 0.580. The Hall–Kier alpha value is -4.40. The molecular formula is C32H22Br2N4O2. The van der Waals surface area contributed by atoms with Gasteiger partial charge in [0.15, 0.2) is 12.6 Å². The van der Waals surface area contributed by atoms with Crippen LogP contribution >= 0.6 is 31.9 Å². The normalized spacial score (nSPS) is 10.4. The summed E-state index contributed by atoms with van der Waals surface area (Å²) in [5, 5.41) is 9.04. The zero-order chi connectivity index (χ0) is 27.9. The molecule has 0 saturated carbocycles. The summed E-state index contributed by atoms with van der Waals surface area (Å²) in [6.07, 6.45) is 5.17. The van der Waals surface area contributed by atoms with Gasteiger partial charge >= 0.3 is 0 Å². The second kappa shape index (κ2) is 12.6. The predicted molar refractivity (Wildman–Crippen MR) is 164 cm³/mol. The second-order valence-corrected chi connectivity index (χ2v) is 10.5. The molecule has 40 heavy (non-hydrogen) atoms. The molecule has 196 valence electrons. The lowest BCUT2D eigenvalue weighted by atomic mass is 10.1. The first-order valence-electron chi connectivity index (χ1n) is 12.3. The monoisotopic (exact) mass is 652 g/mol. The molecule has 0 aliphatic rings. The number of halogens is 2. The van der Waals surface area contributed by atoms with Gasteiger partial charge in [-0.15, -0.1) is 0 Å². The standard InChI is InChI=1S/2C16H11BrN2O/c2*17-14-8-6-12(7-9-14)16-13(11-20)10-19(18-16)15-4-2-1-3-5-15/h2*1-11H. The summed E-state index contributed by atoms with van der Waals surface area (Å²) < 4.78 is 5.44. The Kier molecular flexibility index (Phi) is 8.59. The first kappa shape index (κ1) is 27.2. The molecule has 2 aromatic heterocycles. The smallest absolute Gasteiger partial charge is 0.153 e. The van der Waals surface area contributed by atoms with E-state index in [1.54, 1.807) is 21.8 Å². The number of aromatic nitrogens is 4. The third-order valence-electron chi connectivity index (χ3n) is 6.02. The fourth-order valence-electron chi connectivity index (χ4n) is 4.04. The highest BCUT2D eigenvalue weighted by molar-refractivity contribution is 9.10. The van der Waals surface area contributed by atoms with Crippen molar-refractivity contribution in [2.45, 2.75) is 0 Å². The number of carbonyl (C=O) groups is 2. The van der Waals surface area contributed by atoms with Crippen LogP contribution in [0.2, 0.25) is 0 Å². The van der Waals surface area contributed by atoms with Crippen LogP contribution in [0.25, 0.3) is 33.9 Å². The van der Waals surface area contributed by atoms with E-state index in [9.17, 15) is 9.59 Å². The first-order valence-corrected chi connectivity index (χ1v) is 13.9. The number of nitrogens with zero attached hydrogens (tertiary/aromatic N) is 4. The fourth-order valence-corrected chi connectivity index (χ4v) is 4.57. The SMILES string of the molecule is O=Cc1cn(-c2ccccc2)nc1-c1ccc(Br)cc1.O=Cc1cn(-c2ccccc2)nc1-c1ccc(Br)cc1. The van der Waals surface area contributed by atoms with Crippen molar-refractivity contribution in [2.75, 3.05) is 0 Å². The van der Waals surface area contributed by atoms with E-state index in [0.717, 1.165) is 44.0 Å². The highest BCUT2D eigenvalue weighted by Crippen LogP contribution is 2.25. The van der Waals surface area contributed by atoms with Crippen LogP contribution in [0.4, 0.5) is 0 Å². The highest BCUT2D eigenvalue weighted by Gasteiger charge is 2.12. The molecule has 6 nitrogen and oxygen atoms in total. The van der Waals surface area contributed by atoms with E-state index in [-0.39, 0.29) is 0 Å². The maximum absolute atomic E-state index is 11.2. The third kappa shape index (κ3) is 6.25. The Morgan fingerprint density at radius 1 is 0.500 bits per heavy atom. The summed E-state index contributed by atoms with van der Waals surface area (Å²) in [4.78, 5) is 22.5. The molecule has 2 heterocycles. The molecule has 6 rings (SSSR count). The third-order valence-corrected chi connectivity index (χ3v) is 7.07. The first-order chi connectivity index (χ1) is 19.6. The Labute approximate surface area is 248 Å². The van der Waals surface area contributed by atoms with Gasteiger partial charge in [0.05, 0.1) is 22.5 Å². The van der Waals surface area contributed by atoms with Crippen molar-refractivity contribution in [3.05, 3.63) is 142 Å². The number of rotatable bonds is 6. The molecule has 0 saturated heterocycles. The molecule has 0 spiro atoms. The highest BCUT2D eigenvalue weighted by atomic mass is 79.9. The molecule has 4 aromatic carbocycles. The Morgan fingerprint density at radius 2 is 0.850 bits per heavy atom. The average molecular weight is 654 g/mol. The van der Waals surface area contributed by atoms with Gasteiger partial charge in [-0.3, -0.25) is 9.59 Å². The Bertz CT molecular complexity index is 1600. The van der Waals surface area contributed by atoms with Crippen molar-refractivity contribution >= 4 is 44.4 Å². The van der Waals surface area contributed by atoms with Crippen LogP contribution in [0.1, 0.15) is 20.7 Å². The zero-order valence-corrected chi connectivity index (χ0v) is 24.2. The quantitative estimate of drug-likeness (QED) is 0.170.